The second-order valence-corrected chi connectivity index (χ2v) is 7.52. The van der Waals surface area contributed by atoms with Crippen molar-refractivity contribution in [2.45, 2.75) is 39.8 Å². The van der Waals surface area contributed by atoms with Gasteiger partial charge in [-0.15, -0.1) is 0 Å². The van der Waals surface area contributed by atoms with Gasteiger partial charge < -0.3 is 18.9 Å². The SMILES string of the molecule is CCOCCn1c(=O)c2c(nc3n2CCCCN3c2ccc(OCC)cc2)n(C)c1=O. The number of ether oxygens (including phenoxy) is 2. The van der Waals surface area contributed by atoms with Gasteiger partial charge in [0.2, 0.25) is 5.95 Å². The van der Waals surface area contributed by atoms with Crippen LogP contribution in [0, 0.1) is 0 Å². The molecule has 31 heavy (non-hydrogen) atoms. The van der Waals surface area contributed by atoms with E-state index >= 15 is 0 Å². The number of imidazole rings is 1. The van der Waals surface area contributed by atoms with Crippen LogP contribution in [0.25, 0.3) is 11.2 Å². The number of fused-ring (bicyclic) bond motifs is 3. The minimum Gasteiger partial charge on any atom is -0.494 e. The summed E-state index contributed by atoms with van der Waals surface area (Å²) in [6.45, 7) is 6.99. The van der Waals surface area contributed by atoms with E-state index in [9.17, 15) is 9.59 Å². The first kappa shape index (κ1) is 21.2. The molecule has 0 saturated heterocycles. The van der Waals surface area contributed by atoms with Crippen molar-refractivity contribution < 1.29 is 9.47 Å². The van der Waals surface area contributed by atoms with Crippen molar-refractivity contribution in [1.82, 2.24) is 18.7 Å². The molecule has 1 aliphatic rings. The van der Waals surface area contributed by atoms with E-state index in [1.165, 1.54) is 9.13 Å². The molecule has 0 N–H and O–H groups in total. The molecule has 0 fully saturated rings. The molecule has 3 heterocycles. The monoisotopic (exact) mass is 427 g/mol. The highest BCUT2D eigenvalue weighted by Gasteiger charge is 2.25. The average molecular weight is 428 g/mol. The summed E-state index contributed by atoms with van der Waals surface area (Å²) in [6.07, 6.45) is 1.90. The molecular formula is C22H29N5O4. The zero-order valence-electron chi connectivity index (χ0n) is 18.3. The zero-order valence-corrected chi connectivity index (χ0v) is 18.3. The highest BCUT2D eigenvalue weighted by Crippen LogP contribution is 2.31. The van der Waals surface area contributed by atoms with Crippen LogP contribution in [0.2, 0.25) is 0 Å². The van der Waals surface area contributed by atoms with E-state index in [0.29, 0.717) is 43.5 Å². The lowest BCUT2D eigenvalue weighted by molar-refractivity contribution is 0.137. The first-order valence-corrected chi connectivity index (χ1v) is 10.8. The van der Waals surface area contributed by atoms with Gasteiger partial charge in [0.15, 0.2) is 11.2 Å². The number of aromatic nitrogens is 4. The van der Waals surface area contributed by atoms with Crippen LogP contribution in [0.4, 0.5) is 11.6 Å². The number of rotatable bonds is 7. The molecule has 1 aliphatic heterocycles. The van der Waals surface area contributed by atoms with Crippen molar-refractivity contribution in [2.75, 3.05) is 31.3 Å². The Bertz CT molecular complexity index is 1180. The number of anilines is 2. The Hall–Kier alpha value is -3.07. The zero-order chi connectivity index (χ0) is 22.0. The van der Waals surface area contributed by atoms with E-state index in [0.717, 1.165) is 30.8 Å². The molecule has 0 amide bonds. The number of hydrogen-bond acceptors (Lipinski definition) is 6. The van der Waals surface area contributed by atoms with E-state index in [4.69, 9.17) is 14.5 Å². The summed E-state index contributed by atoms with van der Waals surface area (Å²) in [4.78, 5) is 33.0. The fraction of sp³-hybridized carbons (Fsp3) is 0.500. The summed E-state index contributed by atoms with van der Waals surface area (Å²) in [7, 11) is 1.66. The van der Waals surface area contributed by atoms with Crippen molar-refractivity contribution in [3.63, 3.8) is 0 Å². The summed E-state index contributed by atoms with van der Waals surface area (Å²) in [5.74, 6) is 1.50. The highest BCUT2D eigenvalue weighted by atomic mass is 16.5. The average Bonchev–Trinajstić information content (AvgIpc) is 3.03. The lowest BCUT2D eigenvalue weighted by Gasteiger charge is -2.22. The second-order valence-electron chi connectivity index (χ2n) is 7.52. The van der Waals surface area contributed by atoms with Gasteiger partial charge in [-0.25, -0.2) is 4.79 Å². The molecule has 0 aliphatic carbocycles. The van der Waals surface area contributed by atoms with Crippen LogP contribution >= 0.6 is 0 Å². The summed E-state index contributed by atoms with van der Waals surface area (Å²) in [5.41, 5.74) is 1.16. The molecule has 9 nitrogen and oxygen atoms in total. The summed E-state index contributed by atoms with van der Waals surface area (Å²) >= 11 is 0. The van der Waals surface area contributed by atoms with Gasteiger partial charge in [0.1, 0.15) is 5.75 Å². The third kappa shape index (κ3) is 3.85. The van der Waals surface area contributed by atoms with Crippen LogP contribution in [-0.4, -0.2) is 45.1 Å². The normalized spacial score (nSPS) is 14.0. The minimum atomic E-state index is -0.377. The standard InChI is InChI=1S/C22H29N5O4/c1-4-30-15-14-27-20(28)18-19(24(3)22(27)29)23-21-25(12-6-7-13-26(18)21)16-8-10-17(11-9-16)31-5-2/h8-11H,4-7,12-15H2,1-3H3. The van der Waals surface area contributed by atoms with Crippen LogP contribution in [0.1, 0.15) is 26.7 Å². The molecule has 3 aromatic rings. The van der Waals surface area contributed by atoms with Crippen LogP contribution in [0.5, 0.6) is 5.75 Å². The lowest BCUT2D eigenvalue weighted by atomic mass is 10.2. The Morgan fingerprint density at radius 1 is 1.03 bits per heavy atom. The van der Waals surface area contributed by atoms with Gasteiger partial charge in [0.05, 0.1) is 19.8 Å². The maximum atomic E-state index is 13.3. The highest BCUT2D eigenvalue weighted by molar-refractivity contribution is 5.76. The van der Waals surface area contributed by atoms with Gasteiger partial charge in [-0.1, -0.05) is 0 Å². The van der Waals surface area contributed by atoms with Crippen molar-refractivity contribution in [1.29, 1.82) is 0 Å². The summed E-state index contributed by atoms with van der Waals surface area (Å²) in [6, 6.07) is 7.87. The van der Waals surface area contributed by atoms with E-state index < -0.39 is 0 Å². The van der Waals surface area contributed by atoms with Crippen molar-refractivity contribution in [3.8, 4) is 5.75 Å². The Labute approximate surface area is 180 Å². The quantitative estimate of drug-likeness (QED) is 0.538. The first-order valence-electron chi connectivity index (χ1n) is 10.8. The predicted octanol–water partition coefficient (Wildman–Crippen LogP) is 2.26. The molecule has 0 unspecified atom stereocenters. The predicted molar refractivity (Wildman–Crippen MR) is 120 cm³/mol. The number of aryl methyl sites for hydroxylation is 2. The summed E-state index contributed by atoms with van der Waals surface area (Å²) in [5, 5.41) is 0. The molecule has 9 heteroatoms. The van der Waals surface area contributed by atoms with E-state index in [2.05, 4.69) is 4.90 Å². The van der Waals surface area contributed by atoms with Gasteiger partial charge in [-0.2, -0.15) is 4.98 Å². The topological polar surface area (TPSA) is 83.5 Å². The van der Waals surface area contributed by atoms with Crippen LogP contribution < -0.4 is 20.9 Å². The van der Waals surface area contributed by atoms with Crippen molar-refractivity contribution >= 4 is 22.8 Å². The van der Waals surface area contributed by atoms with E-state index in [-0.39, 0.29) is 17.8 Å². The van der Waals surface area contributed by atoms with Crippen molar-refractivity contribution in [2.24, 2.45) is 7.05 Å². The molecule has 0 atom stereocenters. The molecule has 2 aromatic heterocycles. The second kappa shape index (κ2) is 8.97. The third-order valence-electron chi connectivity index (χ3n) is 5.59. The van der Waals surface area contributed by atoms with Gasteiger partial charge in [0, 0.05) is 32.4 Å². The Morgan fingerprint density at radius 3 is 2.48 bits per heavy atom. The smallest absolute Gasteiger partial charge is 0.332 e. The lowest BCUT2D eigenvalue weighted by Crippen LogP contribution is -2.40. The fourth-order valence-corrected chi connectivity index (χ4v) is 4.05. The van der Waals surface area contributed by atoms with Gasteiger partial charge in [-0.3, -0.25) is 13.9 Å². The molecule has 0 spiro atoms. The van der Waals surface area contributed by atoms with Crippen LogP contribution in [0.3, 0.4) is 0 Å². The largest absolute Gasteiger partial charge is 0.494 e. The summed E-state index contributed by atoms with van der Waals surface area (Å²) < 4.78 is 15.6. The first-order chi connectivity index (χ1) is 15.1. The maximum absolute atomic E-state index is 13.3. The molecule has 0 saturated carbocycles. The van der Waals surface area contributed by atoms with Gasteiger partial charge in [0.25, 0.3) is 5.56 Å². The molecule has 4 rings (SSSR count). The molecule has 0 radical (unpaired) electrons. The Morgan fingerprint density at radius 2 is 1.77 bits per heavy atom. The van der Waals surface area contributed by atoms with Gasteiger partial charge >= 0.3 is 5.69 Å². The molecular weight excluding hydrogens is 398 g/mol. The van der Waals surface area contributed by atoms with Crippen molar-refractivity contribution in [3.05, 3.63) is 45.1 Å². The van der Waals surface area contributed by atoms with E-state index in [1.54, 1.807) is 7.05 Å². The van der Waals surface area contributed by atoms with Crippen LogP contribution in [-0.2, 0) is 24.9 Å². The van der Waals surface area contributed by atoms with E-state index in [1.807, 2.05) is 42.7 Å². The molecule has 0 bridgehead atoms. The van der Waals surface area contributed by atoms with Gasteiger partial charge in [-0.05, 0) is 51.0 Å². The number of nitrogens with zero attached hydrogens (tertiary/aromatic N) is 5. The Kier molecular flexibility index (Phi) is 6.13. The Balaban J connectivity index is 1.84. The maximum Gasteiger partial charge on any atom is 0.332 e. The molecule has 1 aromatic carbocycles. The minimum absolute atomic E-state index is 0.221. The number of benzene rings is 1. The molecule has 166 valence electrons. The fourth-order valence-electron chi connectivity index (χ4n) is 4.05. The van der Waals surface area contributed by atoms with Crippen LogP contribution in [0.15, 0.2) is 33.9 Å². The number of hydrogen-bond donors (Lipinski definition) is 0. The third-order valence-corrected chi connectivity index (χ3v) is 5.59.